The van der Waals surface area contributed by atoms with Gasteiger partial charge in [0, 0.05) is 18.0 Å². The summed E-state index contributed by atoms with van der Waals surface area (Å²) >= 11 is 0. The van der Waals surface area contributed by atoms with Crippen LogP contribution < -0.4 is 14.9 Å². The Labute approximate surface area is 97.7 Å². The van der Waals surface area contributed by atoms with E-state index >= 15 is 0 Å². The van der Waals surface area contributed by atoms with Gasteiger partial charge in [-0.05, 0) is 37.8 Å². The highest BCUT2D eigenvalue weighted by Gasteiger charge is 2.21. The molecule has 0 amide bonds. The van der Waals surface area contributed by atoms with Gasteiger partial charge in [-0.15, -0.1) is 0 Å². The van der Waals surface area contributed by atoms with Gasteiger partial charge in [0.05, 0.1) is 6.61 Å². The summed E-state index contributed by atoms with van der Waals surface area (Å²) < 4.78 is 11.5. The number of nitrogens with two attached hydrogens (primary N) is 1. The van der Waals surface area contributed by atoms with E-state index in [9.17, 15) is 0 Å². The number of fused-ring (bicyclic) bond motifs is 1. The first-order chi connectivity index (χ1) is 7.46. The number of hydrogen-bond donors (Lipinski definition) is 1. The lowest BCUT2D eigenvalue weighted by Gasteiger charge is -2.25. The van der Waals surface area contributed by atoms with E-state index in [1.165, 1.54) is 0 Å². The average molecular weight is 237 g/mol. The molecule has 88 valence electrons. The van der Waals surface area contributed by atoms with Gasteiger partial charge in [-0.25, -0.2) is 0 Å². The molecule has 1 heterocycles. The Morgan fingerprint density at radius 1 is 1.38 bits per heavy atom. The van der Waals surface area contributed by atoms with Crippen LogP contribution in [0.4, 0.5) is 0 Å². The zero-order valence-corrected chi connectivity index (χ0v) is 11.1. The third-order valence-electron chi connectivity index (χ3n) is 2.49. The van der Waals surface area contributed by atoms with Gasteiger partial charge in [0.15, 0.2) is 0 Å². The molecule has 1 aromatic carbocycles. The predicted molar refractivity (Wildman–Crippen MR) is 67.5 cm³/mol. The van der Waals surface area contributed by atoms with Crippen molar-refractivity contribution >= 4 is 8.32 Å². The van der Waals surface area contributed by atoms with Gasteiger partial charge in [-0.3, -0.25) is 0 Å². The molecular formula is C12H19NO2Si. The van der Waals surface area contributed by atoms with Crippen LogP contribution in [0.25, 0.3) is 0 Å². The third kappa shape index (κ3) is 2.57. The topological polar surface area (TPSA) is 44.5 Å². The Morgan fingerprint density at radius 3 is 2.81 bits per heavy atom. The van der Waals surface area contributed by atoms with E-state index in [-0.39, 0.29) is 6.04 Å². The summed E-state index contributed by atoms with van der Waals surface area (Å²) in [4.78, 5) is 0. The highest BCUT2D eigenvalue weighted by atomic mass is 28.4. The monoisotopic (exact) mass is 237 g/mol. The number of hydrogen-bond acceptors (Lipinski definition) is 3. The fraction of sp³-hybridized carbons (Fsp3) is 0.500. The lowest BCUT2D eigenvalue weighted by Crippen LogP contribution is -2.29. The van der Waals surface area contributed by atoms with Crippen LogP contribution in [0.15, 0.2) is 18.2 Å². The highest BCUT2D eigenvalue weighted by molar-refractivity contribution is 6.70. The van der Waals surface area contributed by atoms with Crippen LogP contribution in [0.5, 0.6) is 11.5 Å². The van der Waals surface area contributed by atoms with Crippen molar-refractivity contribution in [1.82, 2.24) is 0 Å². The van der Waals surface area contributed by atoms with Crippen molar-refractivity contribution in [3.05, 3.63) is 23.8 Å². The standard InChI is InChI=1S/C12H19NO2Si/c1-16(2,3)15-9-4-5-12-10(8-9)11(13)6-7-14-12/h4-5,8,11H,6-7,13H2,1-3H3/t11-/m0/s1. The SMILES string of the molecule is C[Si](C)(C)Oc1ccc2c(c1)[C@@H](N)CCO2. The lowest BCUT2D eigenvalue weighted by molar-refractivity contribution is 0.268. The molecule has 0 radical (unpaired) electrons. The van der Waals surface area contributed by atoms with Crippen molar-refractivity contribution < 1.29 is 9.16 Å². The quantitative estimate of drug-likeness (QED) is 0.804. The molecule has 2 N–H and O–H groups in total. The molecule has 0 unspecified atom stereocenters. The van der Waals surface area contributed by atoms with Crippen LogP contribution in [0.1, 0.15) is 18.0 Å². The minimum atomic E-state index is -1.55. The first-order valence-electron chi connectivity index (χ1n) is 5.67. The van der Waals surface area contributed by atoms with Gasteiger partial charge < -0.3 is 14.9 Å². The maximum Gasteiger partial charge on any atom is 0.242 e. The Hall–Kier alpha value is -1.00. The van der Waals surface area contributed by atoms with Gasteiger partial charge in [-0.2, -0.15) is 0 Å². The van der Waals surface area contributed by atoms with Crippen molar-refractivity contribution in [3.8, 4) is 11.5 Å². The normalized spacial score (nSPS) is 19.9. The molecule has 1 atom stereocenters. The minimum Gasteiger partial charge on any atom is -0.544 e. The van der Waals surface area contributed by atoms with Crippen LogP contribution in [-0.2, 0) is 0 Å². The van der Waals surface area contributed by atoms with Crippen LogP contribution in [0.2, 0.25) is 19.6 Å². The summed E-state index contributed by atoms with van der Waals surface area (Å²) in [5, 5.41) is 0. The Bertz CT molecular complexity index is 387. The van der Waals surface area contributed by atoms with Gasteiger partial charge in [0.25, 0.3) is 0 Å². The molecule has 3 nitrogen and oxygen atoms in total. The van der Waals surface area contributed by atoms with Crippen LogP contribution in [0.3, 0.4) is 0 Å². The molecule has 0 fully saturated rings. The van der Waals surface area contributed by atoms with Crippen LogP contribution >= 0.6 is 0 Å². The fourth-order valence-electron chi connectivity index (χ4n) is 1.82. The molecule has 16 heavy (non-hydrogen) atoms. The molecule has 1 aromatic rings. The molecule has 0 spiro atoms. The van der Waals surface area contributed by atoms with E-state index in [0.717, 1.165) is 23.5 Å². The zero-order valence-electron chi connectivity index (χ0n) is 10.1. The summed E-state index contributed by atoms with van der Waals surface area (Å²) in [6.07, 6.45) is 0.878. The lowest BCUT2D eigenvalue weighted by atomic mass is 10.0. The summed E-state index contributed by atoms with van der Waals surface area (Å²) in [5.74, 6) is 1.82. The molecule has 0 aromatic heterocycles. The Balaban J connectivity index is 2.27. The van der Waals surface area contributed by atoms with E-state index in [2.05, 4.69) is 19.6 Å². The first kappa shape index (κ1) is 11.5. The van der Waals surface area contributed by atoms with Gasteiger partial charge in [-0.1, -0.05) is 0 Å². The molecule has 0 saturated carbocycles. The van der Waals surface area contributed by atoms with E-state index in [0.29, 0.717) is 6.61 Å². The molecule has 1 aliphatic heterocycles. The van der Waals surface area contributed by atoms with E-state index in [1.807, 2.05) is 18.2 Å². The molecular weight excluding hydrogens is 218 g/mol. The van der Waals surface area contributed by atoms with Crippen molar-refractivity contribution in [2.75, 3.05) is 6.61 Å². The average Bonchev–Trinajstić information content (AvgIpc) is 2.17. The molecule has 0 saturated heterocycles. The van der Waals surface area contributed by atoms with Crippen molar-refractivity contribution in [2.24, 2.45) is 5.73 Å². The maximum absolute atomic E-state index is 6.05. The summed E-state index contributed by atoms with van der Waals surface area (Å²) in [5.41, 5.74) is 7.13. The first-order valence-corrected chi connectivity index (χ1v) is 9.08. The predicted octanol–water partition coefficient (Wildman–Crippen LogP) is 2.68. The van der Waals surface area contributed by atoms with E-state index in [4.69, 9.17) is 14.9 Å². The molecule has 0 bridgehead atoms. The second-order valence-electron chi connectivity index (χ2n) is 5.16. The minimum absolute atomic E-state index is 0.0777. The van der Waals surface area contributed by atoms with Gasteiger partial charge in [0.1, 0.15) is 11.5 Å². The molecule has 0 aliphatic carbocycles. The number of rotatable bonds is 2. The summed E-state index contributed by atoms with van der Waals surface area (Å²) in [6, 6.07) is 6.03. The van der Waals surface area contributed by atoms with Crippen molar-refractivity contribution in [1.29, 1.82) is 0 Å². The van der Waals surface area contributed by atoms with Crippen molar-refractivity contribution in [2.45, 2.75) is 32.1 Å². The van der Waals surface area contributed by atoms with Crippen LogP contribution in [-0.4, -0.2) is 14.9 Å². The maximum atomic E-state index is 6.05. The van der Waals surface area contributed by atoms with Gasteiger partial charge >= 0.3 is 0 Å². The largest absolute Gasteiger partial charge is 0.544 e. The Morgan fingerprint density at radius 2 is 2.12 bits per heavy atom. The van der Waals surface area contributed by atoms with Crippen LogP contribution in [0, 0.1) is 0 Å². The second-order valence-corrected chi connectivity index (χ2v) is 9.59. The number of ether oxygens (including phenoxy) is 1. The highest BCUT2D eigenvalue weighted by Crippen LogP contribution is 2.33. The molecule has 4 heteroatoms. The zero-order chi connectivity index (χ0) is 11.8. The van der Waals surface area contributed by atoms with E-state index in [1.54, 1.807) is 0 Å². The smallest absolute Gasteiger partial charge is 0.242 e. The summed E-state index contributed by atoms with van der Waals surface area (Å²) in [6.45, 7) is 7.22. The fourth-order valence-corrected chi connectivity index (χ4v) is 2.65. The number of benzene rings is 1. The Kier molecular flexibility index (Phi) is 2.95. The molecule has 1 aliphatic rings. The molecule has 2 rings (SSSR count). The van der Waals surface area contributed by atoms with E-state index < -0.39 is 8.32 Å². The van der Waals surface area contributed by atoms with Gasteiger partial charge in [0.2, 0.25) is 8.32 Å². The second kappa shape index (κ2) is 4.11. The van der Waals surface area contributed by atoms with Crippen molar-refractivity contribution in [3.63, 3.8) is 0 Å². The third-order valence-corrected chi connectivity index (χ3v) is 3.34. The summed E-state index contributed by atoms with van der Waals surface area (Å²) in [7, 11) is -1.55.